The minimum atomic E-state index is -1.73. The first-order valence-corrected chi connectivity index (χ1v) is 17.7. The average Bonchev–Trinajstić information content (AvgIpc) is 3.64. The van der Waals surface area contributed by atoms with Gasteiger partial charge in [-0.15, -0.1) is 0 Å². The van der Waals surface area contributed by atoms with Crippen LogP contribution in [0, 0.1) is 17.8 Å². The van der Waals surface area contributed by atoms with E-state index in [9.17, 15) is 20.1 Å². The van der Waals surface area contributed by atoms with E-state index in [1.54, 1.807) is 6.08 Å². The predicted octanol–water partition coefficient (Wildman–Crippen LogP) is 5.15. The Balaban J connectivity index is 1.34. The number of rotatable bonds is 12. The standard InChI is InChI=1S/C39H50O9/c1-6-7-8-9-10-11-15-20-37-46-33-30-32-36(23-40,45-32)34(42)35(43)22-25(4)21-28(35)39(30,48-37)26(5)31(38(33,47-37)24(2)3)44-29(41)19-18-27-16-13-12-14-17-27/h12-21,26,28,30-34,40,42-43H,2,6-11,22-23H2,1,3-5H3. The van der Waals surface area contributed by atoms with Crippen molar-refractivity contribution in [3.63, 3.8) is 0 Å². The van der Waals surface area contributed by atoms with Gasteiger partial charge in [0.2, 0.25) is 0 Å². The van der Waals surface area contributed by atoms with Gasteiger partial charge in [-0.05, 0) is 43.9 Å². The van der Waals surface area contributed by atoms with Crippen LogP contribution >= 0.6 is 0 Å². The number of hydrogen-bond donors (Lipinski definition) is 3. The molecular weight excluding hydrogens is 612 g/mol. The SMILES string of the molecule is C=C(C)C12OC3(C=CCCCCCCC)OC1C1C4OC4(CO)C(O)C4(O)CC(C)=CC4C1(O3)C(C)C2OC(=O)C=Cc1ccccc1. The summed E-state index contributed by atoms with van der Waals surface area (Å²) < 4.78 is 33.7. The highest BCUT2D eigenvalue weighted by Gasteiger charge is 2.89. The summed E-state index contributed by atoms with van der Waals surface area (Å²) in [5.74, 6) is -4.19. The van der Waals surface area contributed by atoms with Crippen LogP contribution in [0.1, 0.15) is 78.2 Å². The Hall–Kier alpha value is -2.63. The number of carbonyl (C=O) groups is 1. The molecule has 7 rings (SSSR count). The lowest BCUT2D eigenvalue weighted by Crippen LogP contribution is -2.76. The number of esters is 1. The van der Waals surface area contributed by atoms with Gasteiger partial charge in [0.05, 0.1) is 12.2 Å². The molecule has 0 radical (unpaired) electrons. The van der Waals surface area contributed by atoms with Gasteiger partial charge in [0.1, 0.15) is 35.6 Å². The van der Waals surface area contributed by atoms with Crippen LogP contribution in [0.4, 0.5) is 0 Å². The van der Waals surface area contributed by atoms with Gasteiger partial charge in [-0.25, -0.2) is 4.79 Å². The lowest BCUT2D eigenvalue weighted by atomic mass is 9.53. The second-order valence-electron chi connectivity index (χ2n) is 15.0. The monoisotopic (exact) mass is 662 g/mol. The molecule has 5 fully saturated rings. The number of aliphatic hydroxyl groups excluding tert-OH is 2. The van der Waals surface area contributed by atoms with Crippen LogP contribution in [-0.2, 0) is 28.5 Å². The predicted molar refractivity (Wildman–Crippen MR) is 178 cm³/mol. The number of unbranched alkanes of at least 4 members (excludes halogenated alkanes) is 5. The Labute approximate surface area is 283 Å². The molecule has 1 aromatic rings. The summed E-state index contributed by atoms with van der Waals surface area (Å²) in [6.45, 7) is 11.8. The maximum Gasteiger partial charge on any atom is 0.331 e. The third-order valence-corrected chi connectivity index (χ3v) is 12.0. The van der Waals surface area contributed by atoms with E-state index in [4.69, 9.17) is 23.7 Å². The molecule has 260 valence electrons. The van der Waals surface area contributed by atoms with Crippen molar-refractivity contribution >= 4 is 12.0 Å². The summed E-state index contributed by atoms with van der Waals surface area (Å²) in [4.78, 5) is 13.6. The Morgan fingerprint density at radius 3 is 2.56 bits per heavy atom. The van der Waals surface area contributed by atoms with E-state index in [0.717, 1.165) is 30.4 Å². The zero-order chi connectivity index (χ0) is 34.1. The lowest BCUT2D eigenvalue weighted by molar-refractivity contribution is -0.409. The number of fused-ring (bicyclic) bond motifs is 3. The van der Waals surface area contributed by atoms with Crippen molar-refractivity contribution in [1.29, 1.82) is 0 Å². The number of aliphatic hydroxyl groups is 3. The van der Waals surface area contributed by atoms with Gasteiger partial charge in [0.15, 0.2) is 5.60 Å². The van der Waals surface area contributed by atoms with Crippen molar-refractivity contribution in [3.05, 3.63) is 77.9 Å². The summed E-state index contributed by atoms with van der Waals surface area (Å²) in [7, 11) is 0. The molecule has 9 nitrogen and oxygen atoms in total. The first kappa shape index (κ1) is 33.8. The molecule has 3 heterocycles. The second kappa shape index (κ2) is 12.0. The van der Waals surface area contributed by atoms with E-state index in [1.165, 1.54) is 25.3 Å². The molecule has 0 aromatic heterocycles. The Morgan fingerprint density at radius 1 is 1.10 bits per heavy atom. The number of ether oxygens (including phenoxy) is 5. The van der Waals surface area contributed by atoms with Gasteiger partial charge in [0, 0.05) is 36.3 Å². The van der Waals surface area contributed by atoms with Gasteiger partial charge in [-0.2, -0.15) is 0 Å². The van der Waals surface area contributed by atoms with E-state index in [1.807, 2.05) is 69.3 Å². The molecule has 3 aliphatic carbocycles. The zero-order valence-corrected chi connectivity index (χ0v) is 28.5. The molecular formula is C39H50O9. The first-order chi connectivity index (χ1) is 22.9. The van der Waals surface area contributed by atoms with Crippen molar-refractivity contribution in [2.24, 2.45) is 17.8 Å². The second-order valence-corrected chi connectivity index (χ2v) is 15.0. The molecule has 0 amide bonds. The lowest BCUT2D eigenvalue weighted by Gasteiger charge is -2.61. The van der Waals surface area contributed by atoms with Gasteiger partial charge >= 0.3 is 11.9 Å². The van der Waals surface area contributed by atoms with Gasteiger partial charge in [-0.3, -0.25) is 0 Å². The molecule has 12 atom stereocenters. The van der Waals surface area contributed by atoms with Gasteiger partial charge in [0.25, 0.3) is 0 Å². The molecule has 3 saturated heterocycles. The van der Waals surface area contributed by atoms with Crippen molar-refractivity contribution in [2.75, 3.05) is 6.61 Å². The maximum atomic E-state index is 13.6. The van der Waals surface area contributed by atoms with Crippen molar-refractivity contribution in [1.82, 2.24) is 0 Å². The highest BCUT2D eigenvalue weighted by atomic mass is 16.9. The summed E-state index contributed by atoms with van der Waals surface area (Å²) in [6.07, 6.45) is 11.7. The van der Waals surface area contributed by atoms with Crippen LogP contribution in [0.5, 0.6) is 0 Å². The summed E-state index contributed by atoms with van der Waals surface area (Å²) in [5.41, 5.74) is -3.47. The number of allylic oxidation sites excluding steroid dienone is 1. The average molecular weight is 663 g/mol. The minimum absolute atomic E-state index is 0.171. The van der Waals surface area contributed by atoms with Crippen LogP contribution in [0.3, 0.4) is 0 Å². The van der Waals surface area contributed by atoms with Crippen LogP contribution < -0.4 is 0 Å². The quantitative estimate of drug-likeness (QED) is 0.0916. The zero-order valence-electron chi connectivity index (χ0n) is 28.5. The molecule has 3 aliphatic heterocycles. The number of epoxide rings is 1. The van der Waals surface area contributed by atoms with Gasteiger partial charge < -0.3 is 39.0 Å². The highest BCUT2D eigenvalue weighted by Crippen LogP contribution is 2.73. The van der Waals surface area contributed by atoms with Gasteiger partial charge in [-0.1, -0.05) is 94.2 Å². The fourth-order valence-electron chi connectivity index (χ4n) is 9.82. The van der Waals surface area contributed by atoms with Crippen LogP contribution in [0.25, 0.3) is 6.08 Å². The van der Waals surface area contributed by atoms with E-state index in [2.05, 4.69) is 13.5 Å². The summed E-state index contributed by atoms with van der Waals surface area (Å²) >= 11 is 0. The maximum absolute atomic E-state index is 13.6. The highest BCUT2D eigenvalue weighted by molar-refractivity contribution is 5.87. The third-order valence-electron chi connectivity index (χ3n) is 12.0. The molecule has 3 bridgehead atoms. The smallest absolute Gasteiger partial charge is 0.331 e. The van der Waals surface area contributed by atoms with Crippen LogP contribution in [-0.4, -0.2) is 80.7 Å². The number of carbonyl (C=O) groups excluding carboxylic acids is 1. The number of benzene rings is 1. The van der Waals surface area contributed by atoms with Crippen LogP contribution in [0.15, 0.2) is 72.4 Å². The fourth-order valence-corrected chi connectivity index (χ4v) is 9.82. The molecule has 9 heteroatoms. The largest absolute Gasteiger partial charge is 0.455 e. The van der Waals surface area contributed by atoms with E-state index in [-0.39, 0.29) is 6.42 Å². The van der Waals surface area contributed by atoms with Crippen LogP contribution in [0.2, 0.25) is 0 Å². The van der Waals surface area contributed by atoms with Crippen molar-refractivity contribution < 1.29 is 43.8 Å². The normalized spacial score (nSPS) is 45.1. The molecule has 0 spiro atoms. The summed E-state index contributed by atoms with van der Waals surface area (Å²) in [6, 6.07) is 9.49. The Kier molecular flexibility index (Phi) is 8.47. The molecule has 6 aliphatic rings. The van der Waals surface area contributed by atoms with Crippen molar-refractivity contribution in [3.8, 4) is 0 Å². The Bertz CT molecular complexity index is 1520. The molecule has 2 saturated carbocycles. The molecule has 48 heavy (non-hydrogen) atoms. The van der Waals surface area contributed by atoms with E-state index >= 15 is 0 Å². The van der Waals surface area contributed by atoms with E-state index < -0.39 is 83.1 Å². The van der Waals surface area contributed by atoms with Crippen molar-refractivity contribution in [2.45, 2.75) is 125 Å². The molecule has 3 N–H and O–H groups in total. The fraction of sp³-hybridized carbons (Fsp3) is 0.615. The summed E-state index contributed by atoms with van der Waals surface area (Å²) in [5, 5.41) is 35.1. The molecule has 12 unspecified atom stereocenters. The topological polar surface area (TPSA) is 127 Å². The first-order valence-electron chi connectivity index (χ1n) is 17.7. The van der Waals surface area contributed by atoms with E-state index in [0.29, 0.717) is 5.57 Å². The Morgan fingerprint density at radius 2 is 1.85 bits per heavy atom. The molecule has 1 aromatic carbocycles. The number of hydrogen-bond acceptors (Lipinski definition) is 9. The third kappa shape index (κ3) is 4.72. The minimum Gasteiger partial charge on any atom is -0.455 e.